The quantitative estimate of drug-likeness (QED) is 0.714. The summed E-state index contributed by atoms with van der Waals surface area (Å²) in [6.45, 7) is 0.650. The van der Waals surface area contributed by atoms with Crippen LogP contribution in [0.4, 0.5) is 5.69 Å². The van der Waals surface area contributed by atoms with Crippen LogP contribution in [0, 0.1) is 0 Å². The lowest BCUT2D eigenvalue weighted by Crippen LogP contribution is -2.05. The zero-order valence-corrected chi connectivity index (χ0v) is 13.5. The predicted octanol–water partition coefficient (Wildman–Crippen LogP) is 4.21. The number of carbonyl (C=O) groups is 1. The molecule has 3 rings (SSSR count). The van der Waals surface area contributed by atoms with E-state index >= 15 is 0 Å². The number of anilines is 1. The molecule has 0 aliphatic rings. The summed E-state index contributed by atoms with van der Waals surface area (Å²) in [6, 6.07) is 15.9. The number of carbonyl (C=O) groups excluding carboxylic acids is 1. The lowest BCUT2D eigenvalue weighted by molar-refractivity contribution is 0.0607. The normalized spacial score (nSPS) is 10.3. The molecule has 4 nitrogen and oxygen atoms in total. The summed E-state index contributed by atoms with van der Waals surface area (Å²) in [5, 5.41) is 3.33. The van der Waals surface area contributed by atoms with Gasteiger partial charge in [-0.05, 0) is 29.3 Å². The molecular weight excluding hydrogens is 308 g/mol. The molecule has 1 aromatic carbocycles. The third-order valence-corrected chi connectivity index (χ3v) is 4.56. The second kappa shape index (κ2) is 7.07. The highest BCUT2D eigenvalue weighted by Crippen LogP contribution is 2.35. The second-order valence-electron chi connectivity index (χ2n) is 4.92. The van der Waals surface area contributed by atoms with Gasteiger partial charge < -0.3 is 10.1 Å². The van der Waals surface area contributed by atoms with E-state index in [2.05, 4.69) is 10.3 Å². The van der Waals surface area contributed by atoms with Crippen LogP contribution in [0.3, 0.4) is 0 Å². The van der Waals surface area contributed by atoms with Crippen molar-refractivity contribution in [1.82, 2.24) is 4.98 Å². The molecule has 0 amide bonds. The van der Waals surface area contributed by atoms with Crippen molar-refractivity contribution >= 4 is 23.0 Å². The van der Waals surface area contributed by atoms with Gasteiger partial charge in [-0.1, -0.05) is 30.3 Å². The zero-order valence-electron chi connectivity index (χ0n) is 12.7. The minimum atomic E-state index is -0.328. The van der Waals surface area contributed by atoms with Crippen LogP contribution >= 0.6 is 11.3 Å². The zero-order chi connectivity index (χ0) is 16.1. The number of ether oxygens (including phenoxy) is 1. The summed E-state index contributed by atoms with van der Waals surface area (Å²) in [6.07, 6.45) is 3.48. The highest BCUT2D eigenvalue weighted by molar-refractivity contribution is 7.18. The van der Waals surface area contributed by atoms with Gasteiger partial charge in [-0.2, -0.15) is 0 Å². The van der Waals surface area contributed by atoms with Crippen LogP contribution in [0.5, 0.6) is 0 Å². The van der Waals surface area contributed by atoms with Crippen molar-refractivity contribution in [1.29, 1.82) is 0 Å². The smallest absolute Gasteiger partial charge is 0.350 e. The monoisotopic (exact) mass is 324 g/mol. The van der Waals surface area contributed by atoms with Crippen LogP contribution in [0.25, 0.3) is 10.4 Å². The predicted molar refractivity (Wildman–Crippen MR) is 92.7 cm³/mol. The van der Waals surface area contributed by atoms with Gasteiger partial charge in [0.05, 0.1) is 12.8 Å². The molecule has 0 fully saturated rings. The fourth-order valence-corrected chi connectivity index (χ4v) is 3.28. The molecule has 5 heteroatoms. The Morgan fingerprint density at radius 3 is 2.61 bits per heavy atom. The largest absolute Gasteiger partial charge is 0.465 e. The van der Waals surface area contributed by atoms with Crippen LogP contribution in [0.15, 0.2) is 60.9 Å². The first-order valence-corrected chi connectivity index (χ1v) is 8.00. The first kappa shape index (κ1) is 15.2. The SMILES string of the molecule is COC(=O)c1sc(-c2ccncc2)cc1NCc1ccccc1. The lowest BCUT2D eigenvalue weighted by atomic mass is 10.2. The van der Waals surface area contributed by atoms with E-state index in [4.69, 9.17) is 4.74 Å². The van der Waals surface area contributed by atoms with Crippen molar-refractivity contribution in [2.75, 3.05) is 12.4 Å². The Kier molecular flexibility index (Phi) is 4.68. The molecule has 3 aromatic rings. The summed E-state index contributed by atoms with van der Waals surface area (Å²) in [5.74, 6) is -0.328. The maximum Gasteiger partial charge on any atom is 0.350 e. The topological polar surface area (TPSA) is 51.2 Å². The molecule has 0 unspecified atom stereocenters. The highest BCUT2D eigenvalue weighted by Gasteiger charge is 2.17. The Morgan fingerprint density at radius 2 is 1.91 bits per heavy atom. The Morgan fingerprint density at radius 1 is 1.17 bits per heavy atom. The average Bonchev–Trinajstić information content (AvgIpc) is 3.05. The molecule has 0 saturated heterocycles. The van der Waals surface area contributed by atoms with Crippen LogP contribution in [0.1, 0.15) is 15.2 Å². The van der Waals surface area contributed by atoms with Crippen LogP contribution in [-0.4, -0.2) is 18.1 Å². The summed E-state index contributed by atoms with van der Waals surface area (Å²) < 4.78 is 4.90. The number of methoxy groups -OCH3 is 1. The number of aromatic nitrogens is 1. The fourth-order valence-electron chi connectivity index (χ4n) is 2.22. The van der Waals surface area contributed by atoms with Gasteiger partial charge in [0, 0.05) is 23.8 Å². The van der Waals surface area contributed by atoms with Gasteiger partial charge >= 0.3 is 5.97 Å². The van der Waals surface area contributed by atoms with Crippen molar-refractivity contribution in [3.05, 3.63) is 71.4 Å². The summed E-state index contributed by atoms with van der Waals surface area (Å²) >= 11 is 1.42. The third kappa shape index (κ3) is 3.57. The number of hydrogen-bond donors (Lipinski definition) is 1. The van der Waals surface area contributed by atoms with E-state index in [9.17, 15) is 4.79 Å². The van der Waals surface area contributed by atoms with Gasteiger partial charge in [-0.25, -0.2) is 4.79 Å². The first-order valence-electron chi connectivity index (χ1n) is 7.18. The molecule has 0 bridgehead atoms. The van der Waals surface area contributed by atoms with Crippen LogP contribution in [-0.2, 0) is 11.3 Å². The van der Waals surface area contributed by atoms with Crippen molar-refractivity contribution in [2.45, 2.75) is 6.54 Å². The average molecular weight is 324 g/mol. The van der Waals surface area contributed by atoms with Gasteiger partial charge in [-0.3, -0.25) is 4.98 Å². The van der Waals surface area contributed by atoms with E-state index in [1.165, 1.54) is 18.4 Å². The van der Waals surface area contributed by atoms with Crippen molar-refractivity contribution in [3.8, 4) is 10.4 Å². The number of nitrogens with zero attached hydrogens (tertiary/aromatic N) is 1. The van der Waals surface area contributed by atoms with Gasteiger partial charge in [0.1, 0.15) is 4.88 Å². The van der Waals surface area contributed by atoms with Crippen LogP contribution in [0.2, 0.25) is 0 Å². The molecule has 0 aliphatic heterocycles. The van der Waals surface area contributed by atoms with Gasteiger partial charge in [0.2, 0.25) is 0 Å². The molecule has 0 radical (unpaired) electrons. The Balaban J connectivity index is 1.88. The summed E-state index contributed by atoms with van der Waals surface area (Å²) in [7, 11) is 1.40. The van der Waals surface area contributed by atoms with E-state index in [0.29, 0.717) is 11.4 Å². The van der Waals surface area contributed by atoms with E-state index in [-0.39, 0.29) is 5.97 Å². The number of rotatable bonds is 5. The van der Waals surface area contributed by atoms with Crippen LogP contribution < -0.4 is 5.32 Å². The highest BCUT2D eigenvalue weighted by atomic mass is 32.1. The summed E-state index contributed by atoms with van der Waals surface area (Å²) in [5.41, 5.74) is 2.97. The third-order valence-electron chi connectivity index (χ3n) is 3.39. The molecule has 2 heterocycles. The molecule has 0 spiro atoms. The Hall–Kier alpha value is -2.66. The number of nitrogens with one attached hydrogen (secondary N) is 1. The molecular formula is C18H16N2O2S. The number of thiophene rings is 1. The maximum absolute atomic E-state index is 12.0. The minimum Gasteiger partial charge on any atom is -0.465 e. The molecule has 0 aliphatic carbocycles. The van der Waals surface area contributed by atoms with E-state index in [1.807, 2.05) is 48.5 Å². The number of hydrogen-bond acceptors (Lipinski definition) is 5. The number of benzene rings is 1. The molecule has 2 aromatic heterocycles. The van der Waals surface area contributed by atoms with Gasteiger partial charge in [0.25, 0.3) is 0 Å². The van der Waals surface area contributed by atoms with Crippen molar-refractivity contribution in [3.63, 3.8) is 0 Å². The lowest BCUT2D eigenvalue weighted by Gasteiger charge is -2.06. The van der Waals surface area contributed by atoms with Gasteiger partial charge in [-0.15, -0.1) is 11.3 Å². The number of pyridine rings is 1. The van der Waals surface area contributed by atoms with Gasteiger partial charge in [0.15, 0.2) is 0 Å². The van der Waals surface area contributed by atoms with Crippen molar-refractivity contribution in [2.24, 2.45) is 0 Å². The van der Waals surface area contributed by atoms with E-state index < -0.39 is 0 Å². The van der Waals surface area contributed by atoms with E-state index in [0.717, 1.165) is 21.7 Å². The second-order valence-corrected chi connectivity index (χ2v) is 5.97. The Labute approximate surface area is 138 Å². The Bertz CT molecular complexity index is 785. The van der Waals surface area contributed by atoms with Crippen molar-refractivity contribution < 1.29 is 9.53 Å². The van der Waals surface area contributed by atoms with E-state index in [1.54, 1.807) is 12.4 Å². The molecule has 116 valence electrons. The number of esters is 1. The standard InChI is InChI=1S/C18H16N2O2S/c1-22-18(21)17-15(20-12-13-5-3-2-4-6-13)11-16(23-17)14-7-9-19-10-8-14/h2-11,20H,12H2,1H3. The molecule has 1 N–H and O–H groups in total. The molecule has 0 saturated carbocycles. The maximum atomic E-state index is 12.0. The minimum absolute atomic E-state index is 0.328. The molecule has 0 atom stereocenters. The molecule has 23 heavy (non-hydrogen) atoms. The summed E-state index contributed by atoms with van der Waals surface area (Å²) in [4.78, 5) is 17.6. The first-order chi connectivity index (χ1) is 11.3. The fraction of sp³-hybridized carbons (Fsp3) is 0.111.